The second kappa shape index (κ2) is 4.21. The summed E-state index contributed by atoms with van der Waals surface area (Å²) in [5.41, 5.74) is 0. The van der Waals surface area contributed by atoms with Crippen LogP contribution in [0.2, 0.25) is 0 Å². The van der Waals surface area contributed by atoms with Crippen molar-refractivity contribution in [3.05, 3.63) is 20.8 Å². The lowest BCUT2D eigenvalue weighted by atomic mass is 10.4. The van der Waals surface area contributed by atoms with Gasteiger partial charge >= 0.3 is 0 Å². The average molecular weight is 235 g/mol. The smallest absolute Gasteiger partial charge is 0.0925 e. The highest BCUT2D eigenvalue weighted by Gasteiger charge is 2.07. The van der Waals surface area contributed by atoms with E-state index in [-0.39, 0.29) is 6.17 Å². The summed E-state index contributed by atoms with van der Waals surface area (Å²) in [6, 6.07) is 4.16. The molecule has 0 aliphatic rings. The summed E-state index contributed by atoms with van der Waals surface area (Å²) < 4.78 is 1.17. The molecule has 0 aliphatic carbocycles. The van der Waals surface area contributed by atoms with Gasteiger partial charge in [0.2, 0.25) is 0 Å². The lowest BCUT2D eigenvalue weighted by molar-refractivity contribution is 0.528. The third kappa shape index (κ3) is 2.27. The van der Waals surface area contributed by atoms with Gasteiger partial charge in [0.25, 0.3) is 0 Å². The van der Waals surface area contributed by atoms with Crippen LogP contribution in [0, 0.1) is 0 Å². The topological polar surface area (TPSA) is 24.1 Å². The van der Waals surface area contributed by atoms with E-state index >= 15 is 0 Å². The molecule has 0 aliphatic heterocycles. The molecule has 0 spiro atoms. The molecule has 0 fully saturated rings. The molecule has 0 bridgehead atoms. The van der Waals surface area contributed by atoms with Crippen LogP contribution in [-0.2, 0) is 0 Å². The third-order valence-electron chi connectivity index (χ3n) is 1.46. The molecule has 0 atom stereocenters. The zero-order chi connectivity index (χ0) is 8.27. The average Bonchev–Trinajstić information content (AvgIpc) is 2.39. The van der Waals surface area contributed by atoms with Crippen molar-refractivity contribution in [2.45, 2.75) is 6.17 Å². The first-order valence-electron chi connectivity index (χ1n) is 3.37. The van der Waals surface area contributed by atoms with E-state index in [1.54, 1.807) is 11.3 Å². The molecule has 0 saturated heterocycles. The van der Waals surface area contributed by atoms with Gasteiger partial charge in [-0.05, 0) is 42.2 Å². The van der Waals surface area contributed by atoms with Gasteiger partial charge in [0.15, 0.2) is 0 Å². The molecule has 0 radical (unpaired) electrons. The molecule has 2 N–H and O–H groups in total. The maximum Gasteiger partial charge on any atom is 0.0925 e. The summed E-state index contributed by atoms with van der Waals surface area (Å²) in [6.45, 7) is 0. The van der Waals surface area contributed by atoms with Crippen molar-refractivity contribution in [3.8, 4) is 0 Å². The first-order valence-corrected chi connectivity index (χ1v) is 4.98. The van der Waals surface area contributed by atoms with Crippen LogP contribution in [-0.4, -0.2) is 14.1 Å². The fourth-order valence-corrected chi connectivity index (χ4v) is 2.46. The van der Waals surface area contributed by atoms with Gasteiger partial charge in [-0.15, -0.1) is 11.3 Å². The summed E-state index contributed by atoms with van der Waals surface area (Å²) in [4.78, 5) is 1.29. The molecule has 62 valence electrons. The zero-order valence-electron chi connectivity index (χ0n) is 6.52. The predicted octanol–water partition coefficient (Wildman–Crippen LogP) is 1.95. The second-order valence-corrected chi connectivity index (χ2v) is 4.65. The maximum absolute atomic E-state index is 3.42. The number of rotatable bonds is 3. The molecule has 1 heterocycles. The van der Waals surface area contributed by atoms with Crippen LogP contribution in [0.3, 0.4) is 0 Å². The highest BCUT2D eigenvalue weighted by Crippen LogP contribution is 2.25. The molecule has 2 nitrogen and oxygen atoms in total. The number of hydrogen-bond acceptors (Lipinski definition) is 3. The molecule has 4 heteroatoms. The van der Waals surface area contributed by atoms with Crippen molar-refractivity contribution in [2.75, 3.05) is 14.1 Å². The standard InChI is InChI=1S/C7H11BrN2S/c1-9-7(10-2)5-3-4-6(8)11-5/h3-4,7,9-10H,1-2H3. The minimum absolute atomic E-state index is 0.270. The third-order valence-corrected chi connectivity index (χ3v) is 3.14. The normalized spacial score (nSPS) is 10.9. The van der Waals surface area contributed by atoms with Crippen LogP contribution in [0.5, 0.6) is 0 Å². The molecule has 1 aromatic rings. The lowest BCUT2D eigenvalue weighted by Gasteiger charge is -2.11. The van der Waals surface area contributed by atoms with E-state index in [4.69, 9.17) is 0 Å². The van der Waals surface area contributed by atoms with Crippen molar-refractivity contribution in [1.82, 2.24) is 10.6 Å². The van der Waals surface area contributed by atoms with Crippen LogP contribution < -0.4 is 10.6 Å². The molecule has 11 heavy (non-hydrogen) atoms. The van der Waals surface area contributed by atoms with Crippen LogP contribution in [0.15, 0.2) is 15.9 Å². The second-order valence-electron chi connectivity index (χ2n) is 2.15. The predicted molar refractivity (Wildman–Crippen MR) is 52.9 cm³/mol. The summed E-state index contributed by atoms with van der Waals surface area (Å²) in [6.07, 6.45) is 0.270. The monoisotopic (exact) mass is 234 g/mol. The zero-order valence-corrected chi connectivity index (χ0v) is 8.92. The molecule has 0 amide bonds. The van der Waals surface area contributed by atoms with E-state index in [1.165, 1.54) is 8.66 Å². The van der Waals surface area contributed by atoms with Crippen LogP contribution in [0.4, 0.5) is 0 Å². The molecular formula is C7H11BrN2S. The largest absolute Gasteiger partial charge is 0.301 e. The summed E-state index contributed by atoms with van der Waals surface area (Å²) in [5.74, 6) is 0. The van der Waals surface area contributed by atoms with Gasteiger partial charge in [0.1, 0.15) is 0 Å². The van der Waals surface area contributed by atoms with Crippen LogP contribution >= 0.6 is 27.3 Å². The van der Waals surface area contributed by atoms with Crippen molar-refractivity contribution < 1.29 is 0 Å². The van der Waals surface area contributed by atoms with Gasteiger partial charge < -0.3 is 10.6 Å². The Morgan fingerprint density at radius 1 is 1.36 bits per heavy atom. The quantitative estimate of drug-likeness (QED) is 0.782. The van der Waals surface area contributed by atoms with Crippen molar-refractivity contribution in [3.63, 3.8) is 0 Å². The number of hydrogen-bond donors (Lipinski definition) is 2. The Labute approximate surface area is 79.1 Å². The molecule has 0 aromatic carbocycles. The van der Waals surface area contributed by atoms with Gasteiger partial charge in [0, 0.05) is 4.88 Å². The van der Waals surface area contributed by atoms with Gasteiger partial charge in [-0.1, -0.05) is 0 Å². The summed E-state index contributed by atoms with van der Waals surface area (Å²) in [7, 11) is 3.88. The molecular weight excluding hydrogens is 224 g/mol. The Kier molecular flexibility index (Phi) is 3.51. The van der Waals surface area contributed by atoms with Gasteiger partial charge in [0.05, 0.1) is 9.95 Å². The van der Waals surface area contributed by atoms with Gasteiger partial charge in [-0.3, -0.25) is 0 Å². The number of thiophene rings is 1. The highest BCUT2D eigenvalue weighted by molar-refractivity contribution is 9.11. The Bertz CT molecular complexity index is 220. The summed E-state index contributed by atoms with van der Waals surface area (Å²) >= 11 is 5.16. The minimum Gasteiger partial charge on any atom is -0.301 e. The van der Waals surface area contributed by atoms with Crippen molar-refractivity contribution in [1.29, 1.82) is 0 Å². The van der Waals surface area contributed by atoms with Crippen molar-refractivity contribution in [2.24, 2.45) is 0 Å². The van der Waals surface area contributed by atoms with Gasteiger partial charge in [-0.2, -0.15) is 0 Å². The Morgan fingerprint density at radius 3 is 2.36 bits per heavy atom. The Morgan fingerprint density at radius 2 is 2.00 bits per heavy atom. The van der Waals surface area contributed by atoms with Crippen molar-refractivity contribution >= 4 is 27.3 Å². The molecule has 1 rings (SSSR count). The fraction of sp³-hybridized carbons (Fsp3) is 0.429. The van der Waals surface area contributed by atoms with E-state index in [9.17, 15) is 0 Å². The first-order chi connectivity index (χ1) is 5.27. The van der Waals surface area contributed by atoms with Gasteiger partial charge in [-0.25, -0.2) is 0 Å². The first kappa shape index (κ1) is 9.19. The fourth-order valence-electron chi connectivity index (χ4n) is 0.912. The van der Waals surface area contributed by atoms with E-state index in [0.29, 0.717) is 0 Å². The highest BCUT2D eigenvalue weighted by atomic mass is 79.9. The van der Waals surface area contributed by atoms with Crippen LogP contribution in [0.1, 0.15) is 11.0 Å². The molecule has 0 saturated carbocycles. The molecule has 1 aromatic heterocycles. The van der Waals surface area contributed by atoms with Crippen LogP contribution in [0.25, 0.3) is 0 Å². The Hall–Kier alpha value is 0.1000. The van der Waals surface area contributed by atoms with E-state index in [0.717, 1.165) is 0 Å². The maximum atomic E-state index is 3.42. The summed E-state index contributed by atoms with van der Waals surface area (Å²) in [5, 5.41) is 6.32. The minimum atomic E-state index is 0.270. The SMILES string of the molecule is CNC(NC)c1ccc(Br)s1. The van der Waals surface area contributed by atoms with E-state index in [1.807, 2.05) is 14.1 Å². The number of halogens is 1. The van der Waals surface area contributed by atoms with E-state index in [2.05, 4.69) is 38.7 Å². The van der Waals surface area contributed by atoms with E-state index < -0.39 is 0 Å². The molecule has 0 unspecified atom stereocenters. The lowest BCUT2D eigenvalue weighted by Crippen LogP contribution is -2.27. The Balaban J connectivity index is 2.73. The number of nitrogens with one attached hydrogen (secondary N) is 2.